The quantitative estimate of drug-likeness (QED) is 0.446. The summed E-state index contributed by atoms with van der Waals surface area (Å²) in [5, 5.41) is 30.0. The van der Waals surface area contributed by atoms with Crippen molar-refractivity contribution in [1.29, 1.82) is 0 Å². The Balaban J connectivity index is -0.000000720. The molecule has 0 aromatic rings. The van der Waals surface area contributed by atoms with Gasteiger partial charge in [-0.1, -0.05) is 0 Å². The molecule has 0 saturated heterocycles. The molecule has 0 aliphatic heterocycles. The first kappa shape index (κ1) is 21.2. The fraction of sp³-hybridized carbons (Fsp3) is 0.500. The molecule has 74 valence electrons. The van der Waals surface area contributed by atoms with Crippen molar-refractivity contribution in [3.63, 3.8) is 0 Å². The summed E-state index contributed by atoms with van der Waals surface area (Å²) in [7, 11) is 0. The molecule has 0 bridgehead atoms. The van der Waals surface area contributed by atoms with Gasteiger partial charge in [-0.25, -0.2) is 0 Å². The van der Waals surface area contributed by atoms with Crippen molar-refractivity contribution in [2.24, 2.45) is 0 Å². The van der Waals surface area contributed by atoms with Crippen LogP contribution >= 0.6 is 0 Å². The Labute approximate surface area is 145 Å². The normalized spacial score (nSPS) is 8.60. The molecule has 9 heteroatoms. The van der Waals surface area contributed by atoms with Crippen molar-refractivity contribution in [1.82, 2.24) is 4.90 Å². The van der Waals surface area contributed by atoms with Crippen LogP contribution in [0.3, 0.4) is 0 Å². The summed E-state index contributed by atoms with van der Waals surface area (Å²) in [6, 6.07) is 0. The zero-order valence-corrected chi connectivity index (χ0v) is 13.7. The van der Waals surface area contributed by atoms with Crippen molar-refractivity contribution in [3.8, 4) is 0 Å². The van der Waals surface area contributed by atoms with Gasteiger partial charge in [-0.2, -0.15) is 0 Å². The molecule has 15 heavy (non-hydrogen) atoms. The molecule has 0 spiro atoms. The van der Waals surface area contributed by atoms with Crippen LogP contribution < -0.4 is 44.9 Å². The molecule has 0 aromatic carbocycles. The van der Waals surface area contributed by atoms with Crippen molar-refractivity contribution in [2.45, 2.75) is 0 Å². The second-order valence-corrected chi connectivity index (χ2v) is 2.26. The summed E-state index contributed by atoms with van der Waals surface area (Å²) >= 11 is 0. The number of carboxylic acid groups (broad SMARTS) is 3. The van der Waals surface area contributed by atoms with E-state index in [1.165, 1.54) is 0 Å². The van der Waals surface area contributed by atoms with Crippen LogP contribution in [0.5, 0.6) is 0 Å². The van der Waals surface area contributed by atoms with Gasteiger partial charge in [0.1, 0.15) is 0 Å². The third-order valence-corrected chi connectivity index (χ3v) is 1.06. The summed E-state index contributed by atoms with van der Waals surface area (Å²) in [6.07, 6.45) is 0. The van der Waals surface area contributed by atoms with Crippen LogP contribution in [-0.4, -0.2) is 87.9 Å². The average molecular weight is 299 g/mol. The number of carboxylic acids is 3. The Morgan fingerprint density at radius 2 is 1.00 bits per heavy atom. The van der Waals surface area contributed by atoms with Gasteiger partial charge in [-0.3, -0.25) is 4.90 Å². The molecular weight excluding hydrogens is 293 g/mol. The van der Waals surface area contributed by atoms with Gasteiger partial charge < -0.3 is 29.7 Å². The van der Waals surface area contributed by atoms with Crippen LogP contribution in [0.15, 0.2) is 0 Å². The van der Waals surface area contributed by atoms with Gasteiger partial charge in [0.05, 0.1) is 17.9 Å². The number of nitrogens with zero attached hydrogens (tertiary/aromatic N) is 1. The second-order valence-electron chi connectivity index (χ2n) is 2.26. The Bertz CT molecular complexity index is 198. The second kappa shape index (κ2) is 11.3. The minimum absolute atomic E-state index is 0. The number of rotatable bonds is 6. The van der Waals surface area contributed by atoms with Crippen molar-refractivity contribution in [3.05, 3.63) is 0 Å². The van der Waals surface area contributed by atoms with Crippen molar-refractivity contribution in [2.75, 3.05) is 19.6 Å². The molecule has 0 atom stereocenters. The minimum atomic E-state index is -1.57. The molecule has 7 nitrogen and oxygen atoms in total. The first-order valence-corrected chi connectivity index (χ1v) is 3.23. The third kappa shape index (κ3) is 14.9. The monoisotopic (exact) mass is 299 g/mol. The molecule has 0 rings (SSSR count). The molecular formula is C6H6NNaO6Sr. The van der Waals surface area contributed by atoms with Crippen molar-refractivity contribution >= 4 is 63.4 Å². The maximum Gasteiger partial charge on any atom is 2.00 e. The van der Waals surface area contributed by atoms with Gasteiger partial charge in [-0.05, 0) is 0 Å². The predicted molar refractivity (Wildman–Crippen MR) is 37.2 cm³/mol. The van der Waals surface area contributed by atoms with E-state index in [1.807, 2.05) is 0 Å². The number of hydrogen-bond acceptors (Lipinski definition) is 7. The molecule has 0 fully saturated rings. The van der Waals surface area contributed by atoms with Crippen LogP contribution in [0.25, 0.3) is 0 Å². The van der Waals surface area contributed by atoms with Crippen LogP contribution in [0.4, 0.5) is 0 Å². The van der Waals surface area contributed by atoms with Crippen LogP contribution in [0.2, 0.25) is 0 Å². The summed E-state index contributed by atoms with van der Waals surface area (Å²) < 4.78 is 0. The van der Waals surface area contributed by atoms with Crippen LogP contribution in [0.1, 0.15) is 0 Å². The van der Waals surface area contributed by atoms with Gasteiger partial charge in [0.15, 0.2) is 0 Å². The largest absolute Gasteiger partial charge is 2.00 e. The molecule has 0 amide bonds. The number of carbonyl (C=O) groups is 3. The van der Waals surface area contributed by atoms with Gasteiger partial charge in [0.2, 0.25) is 0 Å². The van der Waals surface area contributed by atoms with Crippen LogP contribution in [0, 0.1) is 0 Å². The van der Waals surface area contributed by atoms with Crippen molar-refractivity contribution < 1.29 is 59.3 Å². The minimum Gasteiger partial charge on any atom is -0.549 e. The molecule has 0 saturated carbocycles. The molecule has 0 unspecified atom stereocenters. The summed E-state index contributed by atoms with van der Waals surface area (Å²) in [5.74, 6) is -4.70. The number of hydrogen-bond donors (Lipinski definition) is 0. The fourth-order valence-corrected chi connectivity index (χ4v) is 0.715. The van der Waals surface area contributed by atoms with E-state index in [1.54, 1.807) is 0 Å². The standard InChI is InChI=1S/C6H9NO6.Na.Sr/c8-4(9)1-7(2-5(10)11)3-6(12)13;;/h1-3H2,(H,8,9)(H,10,11)(H,12,13);;/q;+1;+2/p-3. The molecule has 0 aromatic heterocycles. The van der Waals surface area contributed by atoms with Gasteiger partial charge in [-0.15, -0.1) is 0 Å². The predicted octanol–water partition coefficient (Wildman–Crippen LogP) is -8.84. The smallest absolute Gasteiger partial charge is 0.549 e. The maximum absolute atomic E-state index is 9.99. The summed E-state index contributed by atoms with van der Waals surface area (Å²) in [6.45, 7) is -2.37. The average Bonchev–Trinajstić information content (AvgIpc) is 1.80. The zero-order valence-electron chi connectivity index (χ0n) is 8.23. The number of aliphatic carboxylic acids is 3. The Morgan fingerprint density at radius 1 is 0.800 bits per heavy atom. The van der Waals surface area contributed by atoms with E-state index in [0.29, 0.717) is 4.90 Å². The fourth-order valence-electron chi connectivity index (χ4n) is 0.715. The zero-order chi connectivity index (χ0) is 10.4. The molecule has 0 radical (unpaired) electrons. The summed E-state index contributed by atoms with van der Waals surface area (Å²) in [4.78, 5) is 30.6. The molecule has 0 heterocycles. The van der Waals surface area contributed by atoms with E-state index < -0.39 is 37.5 Å². The summed E-state index contributed by atoms with van der Waals surface area (Å²) in [5.41, 5.74) is 0. The maximum atomic E-state index is 9.99. The Morgan fingerprint density at radius 3 is 1.13 bits per heavy atom. The van der Waals surface area contributed by atoms with Crippen LogP contribution in [-0.2, 0) is 14.4 Å². The third-order valence-electron chi connectivity index (χ3n) is 1.06. The first-order valence-electron chi connectivity index (χ1n) is 3.23. The topological polar surface area (TPSA) is 124 Å². The van der Waals surface area contributed by atoms with E-state index in [2.05, 4.69) is 0 Å². The van der Waals surface area contributed by atoms with E-state index in [9.17, 15) is 29.7 Å². The van der Waals surface area contributed by atoms with E-state index in [4.69, 9.17) is 0 Å². The molecule has 0 aliphatic rings. The molecule has 0 aliphatic carbocycles. The van der Waals surface area contributed by atoms with E-state index in [0.717, 1.165) is 0 Å². The SMILES string of the molecule is O=C([O-])CN(CC(=O)[O-])CC(=O)[O-].[Na+].[Sr+2]. The Hall–Kier alpha value is 0.851. The van der Waals surface area contributed by atoms with Gasteiger partial charge in [0, 0.05) is 19.6 Å². The number of carbonyl (C=O) groups excluding carboxylic acids is 3. The van der Waals surface area contributed by atoms with E-state index in [-0.39, 0.29) is 75.0 Å². The van der Waals surface area contributed by atoms with Gasteiger partial charge >= 0.3 is 75.0 Å². The molecule has 0 N–H and O–H groups in total. The van der Waals surface area contributed by atoms with E-state index >= 15 is 0 Å². The Kier molecular flexibility index (Phi) is 16.0. The van der Waals surface area contributed by atoms with Gasteiger partial charge in [0.25, 0.3) is 0 Å². The first-order chi connectivity index (χ1) is 5.91.